The number of amides is 1. The van der Waals surface area contributed by atoms with E-state index in [4.69, 9.17) is 0 Å². The summed E-state index contributed by atoms with van der Waals surface area (Å²) in [5, 5.41) is 12.5. The normalized spacial score (nSPS) is 19.5. The number of rotatable bonds is 2. The van der Waals surface area contributed by atoms with Crippen LogP contribution >= 0.6 is 0 Å². The van der Waals surface area contributed by atoms with Gasteiger partial charge in [-0.25, -0.2) is 0 Å². The Kier molecular flexibility index (Phi) is 3.33. The molecule has 0 spiro atoms. The summed E-state index contributed by atoms with van der Waals surface area (Å²) in [5.74, 6) is -0.00500. The average Bonchev–Trinajstić information content (AvgIpc) is 2.75. The third-order valence-corrected chi connectivity index (χ3v) is 3.13. The Bertz CT molecular complexity index is 431. The van der Waals surface area contributed by atoms with Crippen molar-refractivity contribution in [3.8, 4) is 0 Å². The molecule has 1 aromatic rings. The first kappa shape index (κ1) is 11.9. The minimum absolute atomic E-state index is 0.00500. The molecule has 4 nitrogen and oxygen atoms in total. The van der Waals surface area contributed by atoms with Crippen LogP contribution in [0.2, 0.25) is 0 Å². The second kappa shape index (κ2) is 4.75. The van der Waals surface area contributed by atoms with Crippen molar-refractivity contribution in [1.29, 1.82) is 0 Å². The number of aliphatic hydroxyl groups is 1. The van der Waals surface area contributed by atoms with Gasteiger partial charge in [-0.1, -0.05) is 11.6 Å². The average molecular weight is 234 g/mol. The van der Waals surface area contributed by atoms with E-state index in [1.54, 1.807) is 11.9 Å². The molecule has 0 saturated carbocycles. The fourth-order valence-corrected chi connectivity index (χ4v) is 2.15. The quantitative estimate of drug-likeness (QED) is 0.809. The van der Waals surface area contributed by atoms with E-state index in [-0.39, 0.29) is 12.0 Å². The fourth-order valence-electron chi connectivity index (χ4n) is 2.15. The predicted octanol–water partition coefficient (Wildman–Crippen LogP) is 1.24. The lowest BCUT2D eigenvalue weighted by Gasteiger charge is -2.18. The van der Waals surface area contributed by atoms with E-state index >= 15 is 0 Å². The largest absolute Gasteiger partial charge is 0.391 e. The summed E-state index contributed by atoms with van der Waals surface area (Å²) >= 11 is 0. The van der Waals surface area contributed by atoms with Gasteiger partial charge in [-0.15, -0.1) is 0 Å². The first-order valence-electron chi connectivity index (χ1n) is 5.87. The van der Waals surface area contributed by atoms with Gasteiger partial charge in [-0.05, 0) is 25.5 Å². The van der Waals surface area contributed by atoms with Crippen LogP contribution in [-0.2, 0) is 0 Å². The van der Waals surface area contributed by atoms with E-state index in [1.807, 2.05) is 25.1 Å². The van der Waals surface area contributed by atoms with E-state index in [1.165, 1.54) is 0 Å². The van der Waals surface area contributed by atoms with Crippen LogP contribution in [0.1, 0.15) is 22.3 Å². The van der Waals surface area contributed by atoms with Gasteiger partial charge in [0.2, 0.25) is 0 Å². The van der Waals surface area contributed by atoms with E-state index < -0.39 is 0 Å². The molecule has 1 atom stereocenters. The van der Waals surface area contributed by atoms with Crippen LogP contribution in [0, 0.1) is 6.92 Å². The van der Waals surface area contributed by atoms with Gasteiger partial charge in [0, 0.05) is 25.8 Å². The molecule has 1 heterocycles. The minimum Gasteiger partial charge on any atom is -0.391 e. The lowest BCUT2D eigenvalue weighted by Crippen LogP contribution is -2.30. The molecule has 2 rings (SSSR count). The maximum absolute atomic E-state index is 12.3. The van der Waals surface area contributed by atoms with Crippen LogP contribution in [0.3, 0.4) is 0 Å². The Morgan fingerprint density at radius 1 is 1.53 bits per heavy atom. The summed E-state index contributed by atoms with van der Waals surface area (Å²) in [4.78, 5) is 14.0. The summed E-state index contributed by atoms with van der Waals surface area (Å²) in [6.07, 6.45) is 0.300. The van der Waals surface area contributed by atoms with Gasteiger partial charge >= 0.3 is 0 Å². The molecule has 4 heteroatoms. The van der Waals surface area contributed by atoms with Crippen molar-refractivity contribution < 1.29 is 9.90 Å². The molecule has 1 aliphatic heterocycles. The molecular formula is C13H18N2O2. The Morgan fingerprint density at radius 3 is 2.88 bits per heavy atom. The number of hydrogen-bond acceptors (Lipinski definition) is 3. The highest BCUT2D eigenvalue weighted by molar-refractivity contribution is 6.00. The van der Waals surface area contributed by atoms with Crippen molar-refractivity contribution in [3.05, 3.63) is 29.3 Å². The van der Waals surface area contributed by atoms with Crippen LogP contribution in [0.4, 0.5) is 5.69 Å². The summed E-state index contributed by atoms with van der Waals surface area (Å²) in [7, 11) is 1.81. The minimum atomic E-state index is -0.373. The zero-order chi connectivity index (χ0) is 12.4. The molecule has 17 heavy (non-hydrogen) atoms. The number of aryl methyl sites for hydroxylation is 1. The molecule has 0 radical (unpaired) electrons. The molecule has 1 amide bonds. The summed E-state index contributed by atoms with van der Waals surface area (Å²) < 4.78 is 0. The SMILES string of the molecule is CNc1ccc(C)cc1C(=O)N1CCC(O)C1. The summed E-state index contributed by atoms with van der Waals surface area (Å²) in [5.41, 5.74) is 2.58. The smallest absolute Gasteiger partial charge is 0.256 e. The maximum atomic E-state index is 12.3. The molecule has 2 N–H and O–H groups in total. The number of anilines is 1. The van der Waals surface area contributed by atoms with Gasteiger partial charge in [0.15, 0.2) is 0 Å². The van der Waals surface area contributed by atoms with Crippen LogP contribution in [-0.4, -0.2) is 42.2 Å². The van der Waals surface area contributed by atoms with Crippen molar-refractivity contribution in [2.75, 3.05) is 25.5 Å². The fraction of sp³-hybridized carbons (Fsp3) is 0.462. The number of nitrogens with zero attached hydrogens (tertiary/aromatic N) is 1. The molecular weight excluding hydrogens is 216 g/mol. The molecule has 1 aliphatic rings. The van der Waals surface area contributed by atoms with Gasteiger partial charge in [0.25, 0.3) is 5.91 Å². The Morgan fingerprint density at radius 2 is 2.29 bits per heavy atom. The van der Waals surface area contributed by atoms with Crippen molar-refractivity contribution in [3.63, 3.8) is 0 Å². The van der Waals surface area contributed by atoms with E-state index in [2.05, 4.69) is 5.32 Å². The highest BCUT2D eigenvalue weighted by atomic mass is 16.3. The second-order valence-corrected chi connectivity index (χ2v) is 4.49. The number of benzene rings is 1. The summed E-state index contributed by atoms with van der Waals surface area (Å²) in [6, 6.07) is 5.77. The number of hydrogen-bond donors (Lipinski definition) is 2. The lowest BCUT2D eigenvalue weighted by molar-refractivity contribution is 0.0766. The second-order valence-electron chi connectivity index (χ2n) is 4.49. The Balaban J connectivity index is 2.26. The van der Waals surface area contributed by atoms with Crippen molar-refractivity contribution in [2.24, 2.45) is 0 Å². The predicted molar refractivity (Wildman–Crippen MR) is 67.3 cm³/mol. The molecule has 1 saturated heterocycles. The Hall–Kier alpha value is -1.55. The number of aliphatic hydroxyl groups excluding tert-OH is 1. The van der Waals surface area contributed by atoms with Gasteiger partial charge in [-0.2, -0.15) is 0 Å². The first-order chi connectivity index (χ1) is 8.11. The standard InChI is InChI=1S/C13H18N2O2/c1-9-3-4-12(14-2)11(7-9)13(17)15-6-5-10(16)8-15/h3-4,7,10,14,16H,5-6,8H2,1-2H3. The third kappa shape index (κ3) is 2.42. The molecule has 0 aromatic heterocycles. The van der Waals surface area contributed by atoms with Gasteiger partial charge < -0.3 is 15.3 Å². The highest BCUT2D eigenvalue weighted by Crippen LogP contribution is 2.21. The van der Waals surface area contributed by atoms with Gasteiger partial charge in [-0.3, -0.25) is 4.79 Å². The topological polar surface area (TPSA) is 52.6 Å². The third-order valence-electron chi connectivity index (χ3n) is 3.13. The Labute approximate surface area is 101 Å². The van der Waals surface area contributed by atoms with E-state index in [9.17, 15) is 9.90 Å². The molecule has 0 aliphatic carbocycles. The van der Waals surface area contributed by atoms with Crippen molar-refractivity contribution in [2.45, 2.75) is 19.4 Å². The van der Waals surface area contributed by atoms with Crippen molar-refractivity contribution in [1.82, 2.24) is 4.90 Å². The number of β-amino-alcohol motifs (C(OH)–C–C–N with tert-alkyl or cyclic N) is 1. The molecule has 1 fully saturated rings. The van der Waals surface area contributed by atoms with E-state index in [0.29, 0.717) is 25.1 Å². The molecule has 1 aromatic carbocycles. The maximum Gasteiger partial charge on any atom is 0.256 e. The van der Waals surface area contributed by atoms with Gasteiger partial charge in [0.05, 0.1) is 11.7 Å². The monoisotopic (exact) mass is 234 g/mol. The molecule has 1 unspecified atom stereocenters. The first-order valence-corrected chi connectivity index (χ1v) is 5.87. The van der Waals surface area contributed by atoms with E-state index in [0.717, 1.165) is 11.3 Å². The van der Waals surface area contributed by atoms with Crippen LogP contribution < -0.4 is 5.32 Å². The van der Waals surface area contributed by atoms with Crippen molar-refractivity contribution >= 4 is 11.6 Å². The zero-order valence-electron chi connectivity index (χ0n) is 10.2. The zero-order valence-corrected chi connectivity index (χ0v) is 10.2. The van der Waals surface area contributed by atoms with Crippen LogP contribution in [0.25, 0.3) is 0 Å². The number of carbonyl (C=O) groups is 1. The number of nitrogens with one attached hydrogen (secondary N) is 1. The molecule has 0 bridgehead atoms. The van der Waals surface area contributed by atoms with Gasteiger partial charge in [0.1, 0.15) is 0 Å². The lowest BCUT2D eigenvalue weighted by atomic mass is 10.1. The number of likely N-dealkylation sites (tertiary alicyclic amines) is 1. The molecule has 92 valence electrons. The van der Waals surface area contributed by atoms with Crippen LogP contribution in [0.5, 0.6) is 0 Å². The highest BCUT2D eigenvalue weighted by Gasteiger charge is 2.26. The van der Waals surface area contributed by atoms with Crippen LogP contribution in [0.15, 0.2) is 18.2 Å². The summed E-state index contributed by atoms with van der Waals surface area (Å²) in [6.45, 7) is 3.04. The number of carbonyl (C=O) groups excluding carboxylic acids is 1.